The second kappa shape index (κ2) is 11.1. The van der Waals surface area contributed by atoms with Crippen molar-refractivity contribution in [2.45, 2.75) is 51.9 Å². The number of benzene rings is 2. The van der Waals surface area contributed by atoms with E-state index in [1.807, 2.05) is 45.0 Å². The first-order chi connectivity index (χ1) is 17.7. The standard InChI is InChI=1S/C28H35N5O4/c1-17(2)18(3)24(31-26(35)20-9-7-8-19(14-20)15-29)27(36)32-13-12-22-25(32)23(34)16-33(22)28(37)30-21-10-5-4-6-11-21/h4-11,14,17-18,22,24-25H,12-13,15-16,29H2,1-3H3,(H,30,37)(H,31,35)/t18-,22-,24+,25+/m1/s1. The van der Waals surface area contributed by atoms with Gasteiger partial charge in [-0.3, -0.25) is 14.4 Å². The molecule has 4 atom stereocenters. The van der Waals surface area contributed by atoms with Gasteiger partial charge in [0.05, 0.1) is 12.6 Å². The van der Waals surface area contributed by atoms with Gasteiger partial charge < -0.3 is 26.2 Å². The van der Waals surface area contributed by atoms with E-state index < -0.39 is 18.1 Å². The van der Waals surface area contributed by atoms with Crippen LogP contribution in [-0.2, 0) is 16.1 Å². The normalized spacial score (nSPS) is 20.5. The molecule has 4 amide bonds. The SMILES string of the molecule is CC(C)[C@@H](C)[C@H](NC(=O)c1cccc(CN)c1)C(=O)N1CC[C@@H]2[C@H]1C(=O)CN2C(=O)Nc1ccccc1. The molecular weight excluding hydrogens is 470 g/mol. The third kappa shape index (κ3) is 5.51. The summed E-state index contributed by atoms with van der Waals surface area (Å²) in [5.74, 6) is -0.899. The summed E-state index contributed by atoms with van der Waals surface area (Å²) >= 11 is 0. The molecule has 4 N–H and O–H groups in total. The minimum absolute atomic E-state index is 0.0551. The highest BCUT2D eigenvalue weighted by atomic mass is 16.2. The van der Waals surface area contributed by atoms with Gasteiger partial charge in [-0.2, -0.15) is 0 Å². The van der Waals surface area contributed by atoms with Crippen LogP contribution in [0.3, 0.4) is 0 Å². The van der Waals surface area contributed by atoms with Crippen molar-refractivity contribution >= 4 is 29.3 Å². The summed E-state index contributed by atoms with van der Waals surface area (Å²) in [6.45, 7) is 6.51. The minimum atomic E-state index is -0.812. The number of ketones is 1. The number of nitrogens with two attached hydrogens (primary N) is 1. The molecule has 0 spiro atoms. The van der Waals surface area contributed by atoms with Gasteiger partial charge in [0.2, 0.25) is 5.91 Å². The van der Waals surface area contributed by atoms with Crippen molar-refractivity contribution in [2.75, 3.05) is 18.4 Å². The Kier molecular flexibility index (Phi) is 7.92. The van der Waals surface area contributed by atoms with Gasteiger partial charge in [0, 0.05) is 24.3 Å². The number of amides is 4. The monoisotopic (exact) mass is 505 g/mol. The minimum Gasteiger partial charge on any atom is -0.340 e. The number of anilines is 1. The lowest BCUT2D eigenvalue weighted by Crippen LogP contribution is -2.55. The summed E-state index contributed by atoms with van der Waals surface area (Å²) in [4.78, 5) is 56.1. The van der Waals surface area contributed by atoms with Gasteiger partial charge in [-0.1, -0.05) is 51.1 Å². The maximum Gasteiger partial charge on any atom is 0.322 e. The van der Waals surface area contributed by atoms with Crippen molar-refractivity contribution in [1.82, 2.24) is 15.1 Å². The highest BCUT2D eigenvalue weighted by Crippen LogP contribution is 2.32. The highest BCUT2D eigenvalue weighted by molar-refractivity contribution is 6.02. The van der Waals surface area contributed by atoms with Gasteiger partial charge in [-0.05, 0) is 48.1 Å². The highest BCUT2D eigenvalue weighted by Gasteiger charge is 2.52. The van der Waals surface area contributed by atoms with E-state index in [4.69, 9.17) is 5.73 Å². The van der Waals surface area contributed by atoms with Crippen LogP contribution in [0.5, 0.6) is 0 Å². The molecule has 2 aliphatic heterocycles. The zero-order chi connectivity index (χ0) is 26.7. The van der Waals surface area contributed by atoms with Crippen LogP contribution in [0.15, 0.2) is 54.6 Å². The average molecular weight is 506 g/mol. The zero-order valence-electron chi connectivity index (χ0n) is 21.5. The number of Topliss-reactive ketones (excluding diaryl/α,β-unsaturated/α-hetero) is 1. The van der Waals surface area contributed by atoms with Crippen LogP contribution in [0.25, 0.3) is 0 Å². The fourth-order valence-electron chi connectivity index (χ4n) is 5.10. The largest absolute Gasteiger partial charge is 0.340 e. The Hall–Kier alpha value is -3.72. The second-order valence-electron chi connectivity index (χ2n) is 10.2. The number of fused-ring (bicyclic) bond motifs is 1. The van der Waals surface area contributed by atoms with Crippen molar-refractivity contribution in [3.8, 4) is 0 Å². The maximum absolute atomic E-state index is 13.9. The van der Waals surface area contributed by atoms with Crippen LogP contribution in [0.1, 0.15) is 43.1 Å². The zero-order valence-corrected chi connectivity index (χ0v) is 21.5. The molecule has 0 unspecified atom stereocenters. The Morgan fingerprint density at radius 3 is 2.43 bits per heavy atom. The summed E-state index contributed by atoms with van der Waals surface area (Å²) in [6, 6.07) is 13.8. The second-order valence-corrected chi connectivity index (χ2v) is 10.2. The van der Waals surface area contributed by atoms with E-state index >= 15 is 0 Å². The lowest BCUT2D eigenvalue weighted by atomic mass is 9.89. The summed E-state index contributed by atoms with van der Waals surface area (Å²) in [5, 5.41) is 5.76. The quantitative estimate of drug-likeness (QED) is 0.534. The molecule has 0 saturated carbocycles. The van der Waals surface area contributed by atoms with E-state index in [0.717, 1.165) is 5.56 Å². The summed E-state index contributed by atoms with van der Waals surface area (Å²) in [5.41, 5.74) is 7.61. The van der Waals surface area contributed by atoms with E-state index in [2.05, 4.69) is 10.6 Å². The molecule has 196 valence electrons. The summed E-state index contributed by atoms with van der Waals surface area (Å²) < 4.78 is 0. The van der Waals surface area contributed by atoms with Crippen molar-refractivity contribution in [3.63, 3.8) is 0 Å². The van der Waals surface area contributed by atoms with Gasteiger partial charge in [-0.15, -0.1) is 0 Å². The van der Waals surface area contributed by atoms with E-state index in [1.54, 1.807) is 35.2 Å². The predicted molar refractivity (Wildman–Crippen MR) is 141 cm³/mol. The number of para-hydroxylation sites is 1. The maximum atomic E-state index is 13.9. The topological polar surface area (TPSA) is 125 Å². The van der Waals surface area contributed by atoms with Crippen LogP contribution in [0.4, 0.5) is 10.5 Å². The molecule has 2 aromatic rings. The van der Waals surface area contributed by atoms with E-state index in [0.29, 0.717) is 30.8 Å². The molecule has 0 aliphatic carbocycles. The Morgan fingerprint density at radius 2 is 1.76 bits per heavy atom. The van der Waals surface area contributed by atoms with Gasteiger partial charge in [0.15, 0.2) is 5.78 Å². The Balaban J connectivity index is 1.51. The molecule has 4 rings (SSSR count). The number of nitrogens with zero attached hydrogens (tertiary/aromatic N) is 2. The molecule has 9 heteroatoms. The van der Waals surface area contributed by atoms with Crippen molar-refractivity contribution < 1.29 is 19.2 Å². The van der Waals surface area contributed by atoms with Gasteiger partial charge in [0.1, 0.15) is 12.1 Å². The molecule has 0 bridgehead atoms. The van der Waals surface area contributed by atoms with Crippen LogP contribution >= 0.6 is 0 Å². The number of carbonyl (C=O) groups is 4. The van der Waals surface area contributed by atoms with E-state index in [1.165, 1.54) is 4.90 Å². The van der Waals surface area contributed by atoms with E-state index in [9.17, 15) is 19.2 Å². The number of rotatable bonds is 7. The summed E-state index contributed by atoms with van der Waals surface area (Å²) in [7, 11) is 0. The van der Waals surface area contributed by atoms with E-state index in [-0.39, 0.29) is 42.0 Å². The molecule has 9 nitrogen and oxygen atoms in total. The smallest absolute Gasteiger partial charge is 0.322 e. The Bertz CT molecular complexity index is 1170. The van der Waals surface area contributed by atoms with Gasteiger partial charge >= 0.3 is 6.03 Å². The fourth-order valence-corrected chi connectivity index (χ4v) is 5.10. The molecular formula is C28H35N5O4. The number of carbonyl (C=O) groups excluding carboxylic acids is 4. The summed E-state index contributed by atoms with van der Waals surface area (Å²) in [6.07, 6.45) is 0.500. The number of hydrogen-bond donors (Lipinski definition) is 3. The third-order valence-corrected chi connectivity index (χ3v) is 7.55. The Labute approximate surface area is 217 Å². The average Bonchev–Trinajstić information content (AvgIpc) is 3.48. The first kappa shape index (κ1) is 26.3. The molecule has 37 heavy (non-hydrogen) atoms. The number of hydrogen-bond acceptors (Lipinski definition) is 5. The van der Waals surface area contributed by atoms with Crippen molar-refractivity contribution in [3.05, 3.63) is 65.7 Å². The molecule has 2 aromatic carbocycles. The first-order valence-corrected chi connectivity index (χ1v) is 12.8. The van der Waals surface area contributed by atoms with Crippen LogP contribution in [0, 0.1) is 11.8 Å². The van der Waals surface area contributed by atoms with Gasteiger partial charge in [-0.25, -0.2) is 4.79 Å². The number of urea groups is 1. The molecule has 2 saturated heterocycles. The van der Waals surface area contributed by atoms with Crippen molar-refractivity contribution in [2.24, 2.45) is 17.6 Å². The molecule has 2 aliphatic rings. The number of likely N-dealkylation sites (tertiary alicyclic amines) is 2. The molecule has 2 fully saturated rings. The molecule has 0 aromatic heterocycles. The molecule has 2 heterocycles. The fraction of sp³-hybridized carbons (Fsp3) is 0.429. The first-order valence-electron chi connectivity index (χ1n) is 12.8. The third-order valence-electron chi connectivity index (χ3n) is 7.55. The molecule has 0 radical (unpaired) electrons. The van der Waals surface area contributed by atoms with Crippen molar-refractivity contribution in [1.29, 1.82) is 0 Å². The predicted octanol–water partition coefficient (Wildman–Crippen LogP) is 2.62. The van der Waals surface area contributed by atoms with Crippen LogP contribution < -0.4 is 16.4 Å². The van der Waals surface area contributed by atoms with Gasteiger partial charge in [0.25, 0.3) is 5.91 Å². The lowest BCUT2D eigenvalue weighted by Gasteiger charge is -2.32. The van der Waals surface area contributed by atoms with Crippen LogP contribution in [-0.4, -0.2) is 64.6 Å². The van der Waals surface area contributed by atoms with Crippen LogP contribution in [0.2, 0.25) is 0 Å². The Morgan fingerprint density at radius 1 is 1.03 bits per heavy atom. The lowest BCUT2D eigenvalue weighted by molar-refractivity contribution is -0.139. The number of nitrogens with one attached hydrogen (secondary N) is 2.